The van der Waals surface area contributed by atoms with Gasteiger partial charge in [0, 0.05) is 11.6 Å². The summed E-state index contributed by atoms with van der Waals surface area (Å²) >= 11 is 0. The molecule has 2 aromatic rings. The highest BCUT2D eigenvalue weighted by Gasteiger charge is 2.26. The summed E-state index contributed by atoms with van der Waals surface area (Å²) in [6, 6.07) is 4.25. The molecule has 102 valence electrons. The molecule has 2 N–H and O–H groups in total. The lowest BCUT2D eigenvalue weighted by molar-refractivity contribution is 0.133. The number of rotatable bonds is 3. The third kappa shape index (κ3) is 2.23. The maximum absolute atomic E-state index is 9.98. The van der Waals surface area contributed by atoms with E-state index in [1.807, 2.05) is 6.07 Å². The summed E-state index contributed by atoms with van der Waals surface area (Å²) in [7, 11) is 1.70. The van der Waals surface area contributed by atoms with Gasteiger partial charge in [-0.1, -0.05) is 6.42 Å². The Morgan fingerprint density at radius 1 is 1.37 bits per heavy atom. The lowest BCUT2D eigenvalue weighted by atomic mass is 9.95. The fourth-order valence-corrected chi connectivity index (χ4v) is 3.26. The number of aryl methyl sites for hydroxylation is 1. The van der Waals surface area contributed by atoms with Gasteiger partial charge in [-0.2, -0.15) is 0 Å². The van der Waals surface area contributed by atoms with Crippen molar-refractivity contribution in [1.82, 2.24) is 4.98 Å². The number of nitrogens with one attached hydrogen (secondary N) is 1. The Hall–Kier alpha value is -1.48. The number of methoxy groups -OCH3 is 1. The van der Waals surface area contributed by atoms with Crippen molar-refractivity contribution < 1.29 is 9.84 Å². The van der Waals surface area contributed by atoms with Gasteiger partial charge in [-0.3, -0.25) is 0 Å². The number of hydrogen-bond donors (Lipinski definition) is 2. The molecule has 0 saturated heterocycles. The van der Waals surface area contributed by atoms with Crippen molar-refractivity contribution in [2.24, 2.45) is 5.92 Å². The molecule has 1 aromatic heterocycles. The van der Waals surface area contributed by atoms with Crippen molar-refractivity contribution in [3.05, 3.63) is 29.5 Å². The smallest absolute Gasteiger partial charge is 0.143 e. The third-order valence-electron chi connectivity index (χ3n) is 4.30. The Balaban J connectivity index is 1.98. The summed E-state index contributed by atoms with van der Waals surface area (Å²) in [4.78, 5) is 3.32. The summed E-state index contributed by atoms with van der Waals surface area (Å²) in [5.74, 6) is 1.30. The number of benzene rings is 1. The van der Waals surface area contributed by atoms with Gasteiger partial charge in [0.05, 0.1) is 18.7 Å². The normalized spacial score (nSPS) is 23.1. The van der Waals surface area contributed by atoms with Gasteiger partial charge in [-0.25, -0.2) is 0 Å². The molecule has 0 spiro atoms. The minimum Gasteiger partial charge on any atom is -0.495 e. The third-order valence-corrected chi connectivity index (χ3v) is 4.30. The van der Waals surface area contributed by atoms with E-state index in [1.54, 1.807) is 7.11 Å². The molecule has 3 heteroatoms. The molecule has 0 radical (unpaired) electrons. The van der Waals surface area contributed by atoms with Gasteiger partial charge in [0.15, 0.2) is 0 Å². The predicted molar refractivity (Wildman–Crippen MR) is 76.6 cm³/mol. The molecule has 3 rings (SSSR count). The number of H-pyrrole nitrogens is 1. The van der Waals surface area contributed by atoms with E-state index < -0.39 is 0 Å². The van der Waals surface area contributed by atoms with Crippen LogP contribution in [-0.2, 0) is 6.42 Å². The summed E-state index contributed by atoms with van der Waals surface area (Å²) in [6.45, 7) is 2.09. The first-order valence-electron chi connectivity index (χ1n) is 7.01. The van der Waals surface area contributed by atoms with Crippen LogP contribution >= 0.6 is 0 Å². The molecule has 2 unspecified atom stereocenters. The summed E-state index contributed by atoms with van der Waals surface area (Å²) in [6.07, 6.45) is 6.13. The summed E-state index contributed by atoms with van der Waals surface area (Å²) < 4.78 is 5.43. The second-order valence-electron chi connectivity index (χ2n) is 5.67. The minimum atomic E-state index is -0.128. The zero-order valence-electron chi connectivity index (χ0n) is 11.6. The number of aliphatic hydroxyl groups excluding tert-OH is 1. The Morgan fingerprint density at radius 3 is 2.89 bits per heavy atom. The molecule has 2 atom stereocenters. The van der Waals surface area contributed by atoms with Crippen LogP contribution in [0.1, 0.15) is 30.4 Å². The largest absolute Gasteiger partial charge is 0.495 e. The SMILES string of the molecule is COc1cc(C)cc2c(CC3CCCC3O)c[nH]c12. The Labute approximate surface area is 113 Å². The lowest BCUT2D eigenvalue weighted by Crippen LogP contribution is -2.15. The van der Waals surface area contributed by atoms with Crippen LogP contribution in [0.25, 0.3) is 10.9 Å². The van der Waals surface area contributed by atoms with Crippen LogP contribution in [0.15, 0.2) is 18.3 Å². The topological polar surface area (TPSA) is 45.2 Å². The van der Waals surface area contributed by atoms with E-state index in [9.17, 15) is 5.11 Å². The van der Waals surface area contributed by atoms with E-state index in [2.05, 4.69) is 24.2 Å². The molecule has 1 heterocycles. The molecular weight excluding hydrogens is 238 g/mol. The maximum Gasteiger partial charge on any atom is 0.143 e. The number of aromatic amines is 1. The summed E-state index contributed by atoms with van der Waals surface area (Å²) in [5.41, 5.74) is 3.57. The fourth-order valence-electron chi connectivity index (χ4n) is 3.26. The van der Waals surface area contributed by atoms with Crippen LogP contribution in [0.4, 0.5) is 0 Å². The predicted octanol–water partition coefficient (Wildman–Crippen LogP) is 3.19. The monoisotopic (exact) mass is 259 g/mol. The van der Waals surface area contributed by atoms with E-state index in [4.69, 9.17) is 4.74 Å². The molecule has 1 aromatic carbocycles. The van der Waals surface area contributed by atoms with E-state index in [-0.39, 0.29) is 6.10 Å². The van der Waals surface area contributed by atoms with Crippen LogP contribution in [0.3, 0.4) is 0 Å². The van der Waals surface area contributed by atoms with Crippen molar-refractivity contribution in [2.45, 2.75) is 38.7 Å². The maximum atomic E-state index is 9.98. The van der Waals surface area contributed by atoms with Gasteiger partial charge in [0.1, 0.15) is 5.75 Å². The van der Waals surface area contributed by atoms with Gasteiger partial charge in [0.2, 0.25) is 0 Å². The average molecular weight is 259 g/mol. The van der Waals surface area contributed by atoms with E-state index >= 15 is 0 Å². The second kappa shape index (κ2) is 4.89. The zero-order valence-corrected chi connectivity index (χ0v) is 11.6. The molecule has 1 aliphatic carbocycles. The average Bonchev–Trinajstić information content (AvgIpc) is 2.97. The molecule has 0 aliphatic heterocycles. The zero-order chi connectivity index (χ0) is 13.4. The lowest BCUT2D eigenvalue weighted by Gasteiger charge is -2.13. The van der Waals surface area contributed by atoms with Crippen LogP contribution in [-0.4, -0.2) is 23.3 Å². The number of aromatic nitrogens is 1. The van der Waals surface area contributed by atoms with Crippen molar-refractivity contribution in [2.75, 3.05) is 7.11 Å². The molecule has 0 bridgehead atoms. The van der Waals surface area contributed by atoms with Crippen LogP contribution < -0.4 is 4.74 Å². The molecule has 0 amide bonds. The highest BCUT2D eigenvalue weighted by atomic mass is 16.5. The summed E-state index contributed by atoms with van der Waals surface area (Å²) in [5, 5.41) is 11.2. The van der Waals surface area contributed by atoms with Crippen molar-refractivity contribution in [3.8, 4) is 5.75 Å². The molecule has 1 aliphatic rings. The Kier molecular flexibility index (Phi) is 3.23. The van der Waals surface area contributed by atoms with Gasteiger partial charge in [0.25, 0.3) is 0 Å². The van der Waals surface area contributed by atoms with Crippen molar-refractivity contribution >= 4 is 10.9 Å². The first kappa shape index (κ1) is 12.5. The first-order valence-corrected chi connectivity index (χ1v) is 7.01. The Morgan fingerprint density at radius 2 is 2.21 bits per heavy atom. The van der Waals surface area contributed by atoms with E-state index in [0.717, 1.165) is 36.9 Å². The van der Waals surface area contributed by atoms with Crippen LogP contribution in [0, 0.1) is 12.8 Å². The number of hydrogen-bond acceptors (Lipinski definition) is 2. The molecule has 19 heavy (non-hydrogen) atoms. The molecule has 1 fully saturated rings. The highest BCUT2D eigenvalue weighted by molar-refractivity contribution is 5.89. The quantitative estimate of drug-likeness (QED) is 0.889. The van der Waals surface area contributed by atoms with E-state index in [1.165, 1.54) is 16.5 Å². The van der Waals surface area contributed by atoms with Crippen LogP contribution in [0.5, 0.6) is 5.75 Å². The van der Waals surface area contributed by atoms with Gasteiger partial charge >= 0.3 is 0 Å². The molecular formula is C16H21NO2. The molecule has 3 nitrogen and oxygen atoms in total. The first-order chi connectivity index (χ1) is 9.19. The Bertz CT molecular complexity index is 588. The second-order valence-corrected chi connectivity index (χ2v) is 5.67. The van der Waals surface area contributed by atoms with Gasteiger partial charge in [-0.05, 0) is 55.4 Å². The van der Waals surface area contributed by atoms with Gasteiger partial charge in [-0.15, -0.1) is 0 Å². The number of aliphatic hydroxyl groups is 1. The van der Waals surface area contributed by atoms with Gasteiger partial charge < -0.3 is 14.8 Å². The highest BCUT2D eigenvalue weighted by Crippen LogP contribution is 2.34. The van der Waals surface area contributed by atoms with E-state index in [0.29, 0.717) is 5.92 Å². The number of fused-ring (bicyclic) bond motifs is 1. The molecule has 1 saturated carbocycles. The minimum absolute atomic E-state index is 0.128. The fraction of sp³-hybridized carbons (Fsp3) is 0.500. The van der Waals surface area contributed by atoms with Crippen LogP contribution in [0.2, 0.25) is 0 Å². The van der Waals surface area contributed by atoms with Crippen molar-refractivity contribution in [3.63, 3.8) is 0 Å². The number of ether oxygens (including phenoxy) is 1. The standard InChI is InChI=1S/C16H21NO2/c1-10-6-13-12(8-11-4-3-5-14(11)18)9-17-16(13)15(7-10)19-2/h6-7,9,11,14,17-18H,3-5,8H2,1-2H3. The van der Waals surface area contributed by atoms with Crippen molar-refractivity contribution in [1.29, 1.82) is 0 Å².